The van der Waals surface area contributed by atoms with Gasteiger partial charge in [-0.05, 0) is 42.7 Å². The molecule has 1 unspecified atom stereocenters. The van der Waals surface area contributed by atoms with Crippen LogP contribution in [-0.2, 0) is 11.2 Å². The largest absolute Gasteiger partial charge is 0.463 e. The zero-order chi connectivity index (χ0) is 15.4. The van der Waals surface area contributed by atoms with Crippen LogP contribution in [0, 0.1) is 0 Å². The van der Waals surface area contributed by atoms with E-state index in [1.807, 2.05) is 24.3 Å². The second kappa shape index (κ2) is 6.66. The number of aliphatic imine (C=N–C) groups is 1. The molecule has 1 aliphatic rings. The van der Waals surface area contributed by atoms with Crippen LogP contribution in [0.1, 0.15) is 12.0 Å². The lowest BCUT2D eigenvalue weighted by Gasteiger charge is -2.08. The minimum atomic E-state index is 0.175. The number of amidine groups is 1. The van der Waals surface area contributed by atoms with Gasteiger partial charge in [0.25, 0.3) is 6.02 Å². The summed E-state index contributed by atoms with van der Waals surface area (Å²) in [5.41, 5.74) is 7.73. The molecule has 0 aliphatic carbocycles. The molecule has 1 atom stereocenters. The van der Waals surface area contributed by atoms with Crippen molar-refractivity contribution in [1.29, 1.82) is 0 Å². The summed E-state index contributed by atoms with van der Waals surface area (Å²) in [6.07, 6.45) is 1.88. The normalized spacial score (nSPS) is 17.0. The highest BCUT2D eigenvalue weighted by molar-refractivity contribution is 6.29. The van der Waals surface area contributed by atoms with Gasteiger partial charge in [0.1, 0.15) is 17.6 Å². The maximum atomic E-state index is 5.87. The van der Waals surface area contributed by atoms with Gasteiger partial charge in [-0.2, -0.15) is 0 Å². The van der Waals surface area contributed by atoms with E-state index < -0.39 is 0 Å². The van der Waals surface area contributed by atoms with Crippen molar-refractivity contribution < 1.29 is 4.74 Å². The van der Waals surface area contributed by atoms with E-state index in [0.29, 0.717) is 17.8 Å². The number of rotatable bonds is 5. The van der Waals surface area contributed by atoms with Crippen molar-refractivity contribution >= 4 is 29.1 Å². The van der Waals surface area contributed by atoms with Crippen molar-refractivity contribution in [3.05, 3.63) is 53.2 Å². The maximum absolute atomic E-state index is 5.87. The average molecular weight is 317 g/mol. The van der Waals surface area contributed by atoms with Crippen molar-refractivity contribution in [1.82, 2.24) is 4.98 Å². The van der Waals surface area contributed by atoms with Crippen LogP contribution in [0.3, 0.4) is 0 Å². The van der Waals surface area contributed by atoms with E-state index in [-0.39, 0.29) is 6.04 Å². The first-order valence-corrected chi connectivity index (χ1v) is 7.51. The monoisotopic (exact) mass is 316 g/mol. The molecular formula is C16H17ClN4O. The second-order valence-corrected chi connectivity index (χ2v) is 5.53. The number of hydrogen-bond donors (Lipinski definition) is 2. The Labute approximate surface area is 134 Å². The van der Waals surface area contributed by atoms with Crippen molar-refractivity contribution in [3.8, 4) is 0 Å². The number of halogens is 1. The highest BCUT2D eigenvalue weighted by Crippen LogP contribution is 2.18. The lowest BCUT2D eigenvalue weighted by atomic mass is 10.1. The predicted molar refractivity (Wildman–Crippen MR) is 88.7 cm³/mol. The van der Waals surface area contributed by atoms with Crippen LogP contribution in [0.4, 0.5) is 11.5 Å². The molecular weight excluding hydrogens is 300 g/mol. The zero-order valence-electron chi connectivity index (χ0n) is 12.0. The lowest BCUT2D eigenvalue weighted by Crippen LogP contribution is -2.10. The van der Waals surface area contributed by atoms with E-state index in [1.54, 1.807) is 6.07 Å². The fourth-order valence-corrected chi connectivity index (χ4v) is 2.46. The van der Waals surface area contributed by atoms with E-state index in [0.717, 1.165) is 24.3 Å². The maximum Gasteiger partial charge on any atom is 0.282 e. The Bertz CT molecular complexity index is 672. The summed E-state index contributed by atoms with van der Waals surface area (Å²) in [5.74, 6) is 0.730. The van der Waals surface area contributed by atoms with Crippen LogP contribution in [0.5, 0.6) is 0 Å². The number of benzene rings is 1. The van der Waals surface area contributed by atoms with Crippen LogP contribution >= 0.6 is 11.6 Å². The van der Waals surface area contributed by atoms with Crippen LogP contribution < -0.4 is 11.1 Å². The minimum Gasteiger partial charge on any atom is -0.463 e. The highest BCUT2D eigenvalue weighted by atomic mass is 35.5. The minimum absolute atomic E-state index is 0.175. The fraction of sp³-hybridized carbons (Fsp3) is 0.250. The number of pyridine rings is 1. The highest BCUT2D eigenvalue weighted by Gasteiger charge is 2.16. The Morgan fingerprint density at radius 3 is 2.73 bits per heavy atom. The standard InChI is InChI=1S/C16H17ClN4O/c17-14-2-1-3-15(21-14)19-12-7-4-11(5-8-12)6-9-13-10-22-16(18)20-13/h1-5,7-8,13H,6,9-10H2,(H2,18,20)(H,19,21). The molecule has 3 N–H and O–H groups in total. The molecule has 0 spiro atoms. The Balaban J connectivity index is 1.56. The molecule has 1 aromatic carbocycles. The van der Waals surface area contributed by atoms with Gasteiger partial charge in [-0.1, -0.05) is 29.8 Å². The van der Waals surface area contributed by atoms with Gasteiger partial charge in [0.15, 0.2) is 0 Å². The van der Waals surface area contributed by atoms with Crippen LogP contribution in [0.25, 0.3) is 0 Å². The quantitative estimate of drug-likeness (QED) is 0.831. The van der Waals surface area contributed by atoms with Gasteiger partial charge in [-0.3, -0.25) is 0 Å². The van der Waals surface area contributed by atoms with Crippen molar-refractivity contribution in [3.63, 3.8) is 0 Å². The van der Waals surface area contributed by atoms with Crippen molar-refractivity contribution in [2.24, 2.45) is 10.7 Å². The third kappa shape index (κ3) is 3.89. The molecule has 3 rings (SSSR count). The second-order valence-electron chi connectivity index (χ2n) is 5.14. The predicted octanol–water partition coefficient (Wildman–Crippen LogP) is 3.12. The third-order valence-corrected chi connectivity index (χ3v) is 3.65. The molecule has 2 heterocycles. The van der Waals surface area contributed by atoms with Crippen LogP contribution in [0.15, 0.2) is 47.5 Å². The summed E-state index contributed by atoms with van der Waals surface area (Å²) >= 11 is 5.87. The Morgan fingerprint density at radius 1 is 1.23 bits per heavy atom. The van der Waals surface area contributed by atoms with E-state index in [1.165, 1.54) is 5.56 Å². The van der Waals surface area contributed by atoms with E-state index >= 15 is 0 Å². The van der Waals surface area contributed by atoms with Gasteiger partial charge in [0.2, 0.25) is 0 Å². The summed E-state index contributed by atoms with van der Waals surface area (Å²) in [7, 11) is 0. The van der Waals surface area contributed by atoms with Gasteiger partial charge < -0.3 is 15.8 Å². The zero-order valence-corrected chi connectivity index (χ0v) is 12.8. The van der Waals surface area contributed by atoms with Crippen LogP contribution in [-0.4, -0.2) is 23.7 Å². The molecule has 0 bridgehead atoms. The van der Waals surface area contributed by atoms with Gasteiger partial charge in [-0.25, -0.2) is 9.98 Å². The molecule has 2 aromatic rings. The molecule has 1 aromatic heterocycles. The number of nitrogens with zero attached hydrogens (tertiary/aromatic N) is 2. The number of hydrogen-bond acceptors (Lipinski definition) is 5. The first-order chi connectivity index (χ1) is 10.7. The van der Waals surface area contributed by atoms with Crippen molar-refractivity contribution in [2.75, 3.05) is 11.9 Å². The topological polar surface area (TPSA) is 72.5 Å². The third-order valence-electron chi connectivity index (χ3n) is 3.44. The van der Waals surface area contributed by atoms with E-state index in [4.69, 9.17) is 22.1 Å². The van der Waals surface area contributed by atoms with Crippen molar-refractivity contribution in [2.45, 2.75) is 18.9 Å². The molecule has 114 valence electrons. The first kappa shape index (κ1) is 14.7. The Morgan fingerprint density at radius 2 is 2.05 bits per heavy atom. The first-order valence-electron chi connectivity index (χ1n) is 7.13. The number of nitrogens with one attached hydrogen (secondary N) is 1. The smallest absolute Gasteiger partial charge is 0.282 e. The van der Waals surface area contributed by atoms with Gasteiger partial charge in [-0.15, -0.1) is 0 Å². The van der Waals surface area contributed by atoms with Gasteiger partial charge >= 0.3 is 0 Å². The van der Waals surface area contributed by atoms with E-state index in [9.17, 15) is 0 Å². The number of anilines is 2. The van der Waals surface area contributed by atoms with Crippen LogP contribution in [0.2, 0.25) is 5.15 Å². The molecule has 0 radical (unpaired) electrons. The Hall–Kier alpha value is -2.27. The number of aromatic nitrogens is 1. The van der Waals surface area contributed by atoms with Gasteiger partial charge in [0, 0.05) is 5.69 Å². The molecule has 22 heavy (non-hydrogen) atoms. The Kier molecular flexibility index (Phi) is 4.44. The molecule has 6 heteroatoms. The number of ether oxygens (including phenoxy) is 1. The summed E-state index contributed by atoms with van der Waals surface area (Å²) in [6, 6.07) is 14.2. The number of nitrogens with two attached hydrogens (primary N) is 1. The molecule has 5 nitrogen and oxygen atoms in total. The molecule has 0 fully saturated rings. The molecule has 0 saturated carbocycles. The van der Waals surface area contributed by atoms with Gasteiger partial charge in [0.05, 0.1) is 6.04 Å². The average Bonchev–Trinajstić information content (AvgIpc) is 2.92. The lowest BCUT2D eigenvalue weighted by molar-refractivity contribution is 0.308. The number of aryl methyl sites for hydroxylation is 1. The molecule has 0 amide bonds. The summed E-state index contributed by atoms with van der Waals surface area (Å²) < 4.78 is 5.15. The molecule has 1 aliphatic heterocycles. The summed E-state index contributed by atoms with van der Waals surface area (Å²) in [4.78, 5) is 8.42. The summed E-state index contributed by atoms with van der Waals surface area (Å²) in [5, 5.41) is 3.69. The molecule has 0 saturated heterocycles. The SMILES string of the molecule is NC1=NC(CCc2ccc(Nc3cccc(Cl)n3)cc2)CO1. The fourth-order valence-electron chi connectivity index (χ4n) is 2.30. The van der Waals surface area contributed by atoms with E-state index in [2.05, 4.69) is 27.4 Å². The summed E-state index contributed by atoms with van der Waals surface area (Å²) in [6.45, 7) is 0.589.